The first-order valence-electron chi connectivity index (χ1n) is 9.27. The number of para-hydroxylation sites is 1. The van der Waals surface area contributed by atoms with Crippen molar-refractivity contribution in [1.29, 1.82) is 0 Å². The van der Waals surface area contributed by atoms with Gasteiger partial charge in [0.05, 0.1) is 13.2 Å². The van der Waals surface area contributed by atoms with Crippen LogP contribution in [0.5, 0.6) is 5.88 Å². The third-order valence-corrected chi connectivity index (χ3v) is 5.16. The van der Waals surface area contributed by atoms with E-state index in [1.54, 1.807) is 0 Å². The Morgan fingerprint density at radius 3 is 3.07 bits per heavy atom. The van der Waals surface area contributed by atoms with Crippen molar-refractivity contribution in [2.24, 2.45) is 0 Å². The molecule has 2 aliphatic heterocycles. The number of anilines is 2. The lowest BCUT2D eigenvalue weighted by atomic mass is 10.2. The molecule has 1 saturated heterocycles. The molecule has 7 heteroatoms. The number of pyridine rings is 1. The molecule has 1 amide bonds. The molecular formula is C20H23FN4O2. The Labute approximate surface area is 157 Å². The first-order chi connectivity index (χ1) is 13.2. The summed E-state index contributed by atoms with van der Waals surface area (Å²) in [5.41, 5.74) is 2.68. The summed E-state index contributed by atoms with van der Waals surface area (Å²) in [7, 11) is 1.51. The average molecular weight is 370 g/mol. The number of fused-ring (bicyclic) bond motifs is 1. The van der Waals surface area contributed by atoms with Gasteiger partial charge in [0, 0.05) is 24.3 Å². The number of halogens is 1. The topological polar surface area (TPSA) is 66.5 Å². The number of amides is 1. The van der Waals surface area contributed by atoms with Gasteiger partial charge in [0.25, 0.3) is 0 Å². The Morgan fingerprint density at radius 1 is 1.44 bits per heavy atom. The highest BCUT2D eigenvalue weighted by molar-refractivity contribution is 5.82. The van der Waals surface area contributed by atoms with Crippen molar-refractivity contribution < 1.29 is 13.9 Å². The van der Waals surface area contributed by atoms with Crippen LogP contribution in [0.3, 0.4) is 0 Å². The van der Waals surface area contributed by atoms with E-state index >= 15 is 0 Å². The Morgan fingerprint density at radius 2 is 2.30 bits per heavy atom. The summed E-state index contributed by atoms with van der Waals surface area (Å²) in [5, 5.41) is 5.99. The largest absolute Gasteiger partial charge is 0.481 e. The van der Waals surface area contributed by atoms with Gasteiger partial charge in [-0.3, -0.25) is 4.79 Å². The predicted octanol–water partition coefficient (Wildman–Crippen LogP) is 2.29. The number of benzene rings is 1. The van der Waals surface area contributed by atoms with E-state index < -0.39 is 5.82 Å². The van der Waals surface area contributed by atoms with Gasteiger partial charge < -0.3 is 20.3 Å². The molecule has 1 fully saturated rings. The Kier molecular flexibility index (Phi) is 4.94. The molecule has 0 saturated carbocycles. The maximum atomic E-state index is 14.9. The van der Waals surface area contributed by atoms with Crippen LogP contribution in [0.2, 0.25) is 0 Å². The van der Waals surface area contributed by atoms with Crippen LogP contribution < -0.4 is 20.3 Å². The van der Waals surface area contributed by atoms with Gasteiger partial charge in [0.2, 0.25) is 11.8 Å². The average Bonchev–Trinajstić information content (AvgIpc) is 3.36. The minimum Gasteiger partial charge on any atom is -0.481 e. The SMILES string of the molecule is COc1nc(N2CCc3ccccc32)c(F)cc1CNC(=O)C1CCCN1. The van der Waals surface area contributed by atoms with Crippen molar-refractivity contribution in [2.45, 2.75) is 31.8 Å². The zero-order valence-corrected chi connectivity index (χ0v) is 15.3. The molecular weight excluding hydrogens is 347 g/mol. The van der Waals surface area contributed by atoms with Crippen molar-refractivity contribution in [2.75, 3.05) is 25.1 Å². The number of nitrogens with one attached hydrogen (secondary N) is 2. The third kappa shape index (κ3) is 3.47. The zero-order valence-electron chi connectivity index (χ0n) is 15.3. The molecule has 142 valence electrons. The lowest BCUT2D eigenvalue weighted by Gasteiger charge is -2.21. The van der Waals surface area contributed by atoms with Crippen LogP contribution in [0.25, 0.3) is 0 Å². The molecule has 0 bridgehead atoms. The molecule has 3 heterocycles. The van der Waals surface area contributed by atoms with Gasteiger partial charge in [0.1, 0.15) is 0 Å². The van der Waals surface area contributed by atoms with E-state index in [0.29, 0.717) is 18.0 Å². The highest BCUT2D eigenvalue weighted by Crippen LogP contribution is 2.36. The van der Waals surface area contributed by atoms with Crippen molar-refractivity contribution >= 4 is 17.4 Å². The Hall–Kier alpha value is -2.67. The summed E-state index contributed by atoms with van der Waals surface area (Å²) in [6.45, 7) is 1.71. The molecule has 2 aliphatic rings. The number of carbonyl (C=O) groups is 1. The number of hydrogen-bond acceptors (Lipinski definition) is 5. The molecule has 1 aromatic heterocycles. The summed E-state index contributed by atoms with van der Waals surface area (Å²) in [4.78, 5) is 18.5. The summed E-state index contributed by atoms with van der Waals surface area (Å²) >= 11 is 0. The molecule has 1 atom stereocenters. The smallest absolute Gasteiger partial charge is 0.237 e. The van der Waals surface area contributed by atoms with Gasteiger partial charge in [-0.05, 0) is 43.5 Å². The number of methoxy groups -OCH3 is 1. The van der Waals surface area contributed by atoms with Crippen LogP contribution in [0.15, 0.2) is 30.3 Å². The normalized spacial score (nSPS) is 18.4. The van der Waals surface area contributed by atoms with Crippen LogP contribution in [0.1, 0.15) is 24.0 Å². The fourth-order valence-corrected chi connectivity index (χ4v) is 3.77. The van der Waals surface area contributed by atoms with Gasteiger partial charge in [-0.25, -0.2) is 4.39 Å². The van der Waals surface area contributed by atoms with Crippen LogP contribution in [-0.2, 0) is 17.8 Å². The number of rotatable bonds is 5. The molecule has 4 rings (SSSR count). The third-order valence-electron chi connectivity index (χ3n) is 5.16. The quantitative estimate of drug-likeness (QED) is 0.845. The fourth-order valence-electron chi connectivity index (χ4n) is 3.77. The van der Waals surface area contributed by atoms with Crippen LogP contribution in [0.4, 0.5) is 15.9 Å². The predicted molar refractivity (Wildman–Crippen MR) is 101 cm³/mol. The van der Waals surface area contributed by atoms with Crippen LogP contribution >= 0.6 is 0 Å². The van der Waals surface area contributed by atoms with Gasteiger partial charge in [-0.15, -0.1) is 0 Å². The molecule has 1 unspecified atom stereocenters. The minimum absolute atomic E-state index is 0.0764. The second-order valence-electron chi connectivity index (χ2n) is 6.86. The molecule has 1 aromatic carbocycles. The molecule has 27 heavy (non-hydrogen) atoms. The molecule has 2 N–H and O–H groups in total. The molecule has 0 radical (unpaired) electrons. The molecule has 2 aromatic rings. The molecule has 6 nitrogen and oxygen atoms in total. The van der Waals surface area contributed by atoms with Gasteiger partial charge in [0.15, 0.2) is 11.6 Å². The first-order valence-corrected chi connectivity index (χ1v) is 9.27. The zero-order chi connectivity index (χ0) is 18.8. The summed E-state index contributed by atoms with van der Waals surface area (Å²) in [6, 6.07) is 9.17. The number of hydrogen-bond donors (Lipinski definition) is 2. The van der Waals surface area contributed by atoms with Gasteiger partial charge in [-0.2, -0.15) is 4.98 Å². The van der Waals surface area contributed by atoms with Crippen LogP contribution in [-0.4, -0.2) is 37.1 Å². The maximum absolute atomic E-state index is 14.9. The highest BCUT2D eigenvalue weighted by atomic mass is 19.1. The summed E-state index contributed by atoms with van der Waals surface area (Å²) in [6.07, 6.45) is 2.66. The van der Waals surface area contributed by atoms with Crippen molar-refractivity contribution in [3.63, 3.8) is 0 Å². The standard InChI is InChI=1S/C20H23FN4O2/c1-27-20-14(12-23-19(26)16-6-4-9-22-16)11-15(21)18(24-20)25-10-8-13-5-2-3-7-17(13)25/h2-3,5,7,11,16,22H,4,6,8-10,12H2,1H3,(H,23,26). The van der Waals surface area contributed by atoms with E-state index in [9.17, 15) is 9.18 Å². The van der Waals surface area contributed by atoms with E-state index in [2.05, 4.69) is 15.6 Å². The number of nitrogens with zero attached hydrogens (tertiary/aromatic N) is 2. The Balaban J connectivity index is 1.55. The lowest BCUT2D eigenvalue weighted by Crippen LogP contribution is -2.40. The van der Waals surface area contributed by atoms with Crippen LogP contribution in [0, 0.1) is 5.82 Å². The second kappa shape index (κ2) is 7.52. The van der Waals surface area contributed by atoms with Gasteiger partial charge in [-0.1, -0.05) is 18.2 Å². The number of carbonyl (C=O) groups excluding carboxylic acids is 1. The fraction of sp³-hybridized carbons (Fsp3) is 0.400. The minimum atomic E-state index is -0.421. The van der Waals surface area contributed by atoms with Crippen molar-refractivity contribution in [3.05, 3.63) is 47.3 Å². The van der Waals surface area contributed by atoms with Crippen molar-refractivity contribution in [1.82, 2.24) is 15.6 Å². The molecule has 0 spiro atoms. The second-order valence-corrected chi connectivity index (χ2v) is 6.86. The van der Waals surface area contributed by atoms with E-state index in [4.69, 9.17) is 4.74 Å². The number of aromatic nitrogens is 1. The van der Waals surface area contributed by atoms with E-state index in [-0.39, 0.29) is 24.3 Å². The van der Waals surface area contributed by atoms with Gasteiger partial charge >= 0.3 is 0 Å². The molecule has 0 aliphatic carbocycles. The monoisotopic (exact) mass is 370 g/mol. The first kappa shape index (κ1) is 17.7. The number of ether oxygens (including phenoxy) is 1. The van der Waals surface area contributed by atoms with E-state index in [0.717, 1.165) is 31.5 Å². The summed E-state index contributed by atoms with van der Waals surface area (Å²) < 4.78 is 20.2. The Bertz CT molecular complexity index is 852. The van der Waals surface area contributed by atoms with Crippen molar-refractivity contribution in [3.8, 4) is 5.88 Å². The maximum Gasteiger partial charge on any atom is 0.237 e. The van der Waals surface area contributed by atoms with E-state index in [1.165, 1.54) is 18.7 Å². The lowest BCUT2D eigenvalue weighted by molar-refractivity contribution is -0.122. The summed E-state index contributed by atoms with van der Waals surface area (Å²) in [5.74, 6) is 0.0862. The van der Waals surface area contributed by atoms with E-state index in [1.807, 2.05) is 29.2 Å². The highest BCUT2D eigenvalue weighted by Gasteiger charge is 2.26.